The maximum Gasteiger partial charge on any atom is 0.414 e. The predicted octanol–water partition coefficient (Wildman–Crippen LogP) is 4.38. The van der Waals surface area contributed by atoms with Gasteiger partial charge in [0.1, 0.15) is 0 Å². The molecule has 0 bridgehead atoms. The first-order chi connectivity index (χ1) is 14.7. The first-order valence-corrected chi connectivity index (χ1v) is 9.83. The Morgan fingerprint density at radius 2 is 1.84 bits per heavy atom. The van der Waals surface area contributed by atoms with Crippen molar-refractivity contribution in [3.8, 4) is 0 Å². The molecule has 2 amide bonds. The normalized spacial score (nSPS) is 17.0. The molecular formula is C24H26N2O5. The standard InChI is InChI=1S/C24H26N2O5/c1-15(18-8-6-7-9-20(18)25-16(2)27)13-24(3)14-26(23(29)31-5)21-11-10-17(12-19(21)24)22(28)30-4/h6-12H,1,13-14H2,2-5H3,(H,25,27). The Balaban J connectivity index is 2.02. The minimum atomic E-state index is -0.534. The van der Waals surface area contributed by atoms with Gasteiger partial charge in [0.15, 0.2) is 0 Å². The predicted molar refractivity (Wildman–Crippen MR) is 119 cm³/mol. The number of nitrogens with zero attached hydrogens (tertiary/aromatic N) is 1. The van der Waals surface area contributed by atoms with E-state index in [-0.39, 0.29) is 5.91 Å². The van der Waals surface area contributed by atoms with Crippen LogP contribution in [0.1, 0.15) is 41.8 Å². The van der Waals surface area contributed by atoms with Gasteiger partial charge in [-0.25, -0.2) is 9.59 Å². The summed E-state index contributed by atoms with van der Waals surface area (Å²) in [6.45, 7) is 8.09. The second-order valence-corrected chi connectivity index (χ2v) is 7.85. The Labute approximate surface area is 181 Å². The molecule has 1 N–H and O–H groups in total. The summed E-state index contributed by atoms with van der Waals surface area (Å²) in [5.74, 6) is -0.617. The number of methoxy groups -OCH3 is 2. The average Bonchev–Trinajstić information content (AvgIpc) is 3.04. The molecule has 7 nitrogen and oxygen atoms in total. The summed E-state index contributed by atoms with van der Waals surface area (Å²) in [6.07, 6.45) is 0.0226. The Kier molecular flexibility index (Phi) is 6.15. The number of amides is 2. The first kappa shape index (κ1) is 22.1. The van der Waals surface area contributed by atoms with Crippen LogP contribution in [0, 0.1) is 0 Å². The number of esters is 1. The second kappa shape index (κ2) is 8.63. The lowest BCUT2D eigenvalue weighted by molar-refractivity contribution is -0.114. The van der Waals surface area contributed by atoms with Crippen molar-refractivity contribution in [3.05, 3.63) is 65.7 Å². The molecule has 162 valence electrons. The summed E-state index contributed by atoms with van der Waals surface area (Å²) in [7, 11) is 2.67. The molecule has 1 unspecified atom stereocenters. The van der Waals surface area contributed by atoms with Crippen LogP contribution in [0.3, 0.4) is 0 Å². The van der Waals surface area contributed by atoms with E-state index in [1.54, 1.807) is 23.1 Å². The number of hydrogen-bond acceptors (Lipinski definition) is 5. The average molecular weight is 422 g/mol. The number of anilines is 2. The van der Waals surface area contributed by atoms with Gasteiger partial charge in [-0.3, -0.25) is 9.69 Å². The lowest BCUT2D eigenvalue weighted by Gasteiger charge is -2.27. The molecule has 31 heavy (non-hydrogen) atoms. The van der Waals surface area contributed by atoms with Crippen LogP contribution in [0.25, 0.3) is 5.57 Å². The van der Waals surface area contributed by atoms with Crippen LogP contribution in [0.5, 0.6) is 0 Å². The van der Waals surface area contributed by atoms with E-state index < -0.39 is 17.5 Å². The molecule has 0 fully saturated rings. The highest BCUT2D eigenvalue weighted by Crippen LogP contribution is 2.46. The monoisotopic (exact) mass is 422 g/mol. The molecule has 0 saturated heterocycles. The fourth-order valence-electron chi connectivity index (χ4n) is 4.10. The topological polar surface area (TPSA) is 84.9 Å². The van der Waals surface area contributed by atoms with Crippen molar-refractivity contribution in [1.29, 1.82) is 0 Å². The van der Waals surface area contributed by atoms with Gasteiger partial charge >= 0.3 is 12.1 Å². The molecule has 0 spiro atoms. The SMILES string of the molecule is C=C(CC1(C)CN(C(=O)OC)c2ccc(C(=O)OC)cc21)c1ccccc1NC(C)=O. The molecule has 2 aromatic carbocycles. The van der Waals surface area contributed by atoms with Gasteiger partial charge in [0.2, 0.25) is 5.91 Å². The molecule has 0 radical (unpaired) electrons. The lowest BCUT2D eigenvalue weighted by atomic mass is 9.77. The highest BCUT2D eigenvalue weighted by molar-refractivity contribution is 5.96. The van der Waals surface area contributed by atoms with E-state index in [4.69, 9.17) is 9.47 Å². The maximum absolute atomic E-state index is 12.4. The van der Waals surface area contributed by atoms with Gasteiger partial charge in [0.05, 0.1) is 25.5 Å². The quantitative estimate of drug-likeness (QED) is 0.723. The Morgan fingerprint density at radius 1 is 1.13 bits per heavy atom. The van der Waals surface area contributed by atoms with Crippen molar-refractivity contribution in [1.82, 2.24) is 0 Å². The highest BCUT2D eigenvalue weighted by atomic mass is 16.5. The Morgan fingerprint density at radius 3 is 2.48 bits per heavy atom. The molecule has 1 heterocycles. The van der Waals surface area contributed by atoms with Crippen molar-refractivity contribution in [2.45, 2.75) is 25.7 Å². The minimum absolute atomic E-state index is 0.169. The molecule has 1 aliphatic rings. The summed E-state index contributed by atoms with van der Waals surface area (Å²) in [5, 5.41) is 2.83. The van der Waals surface area contributed by atoms with E-state index in [9.17, 15) is 14.4 Å². The number of rotatable bonds is 5. The number of hydrogen-bond donors (Lipinski definition) is 1. The summed E-state index contributed by atoms with van der Waals surface area (Å²) in [6, 6.07) is 12.6. The molecule has 1 atom stereocenters. The molecule has 2 aromatic rings. The van der Waals surface area contributed by atoms with Gasteiger partial charge in [-0.05, 0) is 41.8 Å². The van der Waals surface area contributed by atoms with Crippen molar-refractivity contribution < 1.29 is 23.9 Å². The van der Waals surface area contributed by atoms with Crippen LogP contribution in [-0.4, -0.2) is 38.7 Å². The Bertz CT molecular complexity index is 1060. The fourth-order valence-corrected chi connectivity index (χ4v) is 4.10. The maximum atomic E-state index is 12.4. The van der Waals surface area contributed by atoms with E-state index in [2.05, 4.69) is 11.9 Å². The fraction of sp³-hybridized carbons (Fsp3) is 0.292. The molecule has 3 rings (SSSR count). The van der Waals surface area contributed by atoms with Gasteiger partial charge in [-0.2, -0.15) is 0 Å². The zero-order valence-corrected chi connectivity index (χ0v) is 18.2. The van der Waals surface area contributed by atoms with Crippen LogP contribution in [-0.2, 0) is 19.7 Å². The van der Waals surface area contributed by atoms with Gasteiger partial charge in [-0.15, -0.1) is 0 Å². The third-order valence-corrected chi connectivity index (χ3v) is 5.48. The Hall–Kier alpha value is -3.61. The van der Waals surface area contributed by atoms with E-state index >= 15 is 0 Å². The van der Waals surface area contributed by atoms with Crippen molar-refractivity contribution in [2.75, 3.05) is 31.0 Å². The van der Waals surface area contributed by atoms with Crippen LogP contribution in [0.15, 0.2) is 49.0 Å². The minimum Gasteiger partial charge on any atom is -0.465 e. The molecular weight excluding hydrogens is 396 g/mol. The number of fused-ring (bicyclic) bond motifs is 1. The smallest absolute Gasteiger partial charge is 0.414 e. The number of benzene rings is 2. The molecule has 7 heteroatoms. The number of allylic oxidation sites excluding steroid dienone is 1. The third-order valence-electron chi connectivity index (χ3n) is 5.48. The third kappa shape index (κ3) is 4.30. The van der Waals surface area contributed by atoms with Gasteiger partial charge in [0.25, 0.3) is 0 Å². The van der Waals surface area contributed by atoms with Crippen molar-refractivity contribution in [2.24, 2.45) is 0 Å². The molecule has 0 aromatic heterocycles. The van der Waals surface area contributed by atoms with Crippen LogP contribution in [0.4, 0.5) is 16.2 Å². The summed E-state index contributed by atoms with van der Waals surface area (Å²) in [5.41, 5.74) is 3.69. The van der Waals surface area contributed by atoms with Crippen molar-refractivity contribution in [3.63, 3.8) is 0 Å². The number of para-hydroxylation sites is 1. The lowest BCUT2D eigenvalue weighted by Crippen LogP contribution is -2.35. The molecule has 0 aliphatic carbocycles. The van der Waals surface area contributed by atoms with E-state index in [0.29, 0.717) is 29.9 Å². The summed E-state index contributed by atoms with van der Waals surface area (Å²) < 4.78 is 9.82. The second-order valence-electron chi connectivity index (χ2n) is 7.85. The summed E-state index contributed by atoms with van der Waals surface area (Å²) >= 11 is 0. The zero-order chi connectivity index (χ0) is 22.8. The van der Waals surface area contributed by atoms with Gasteiger partial charge in [0, 0.05) is 30.1 Å². The van der Waals surface area contributed by atoms with Gasteiger partial charge in [-0.1, -0.05) is 31.7 Å². The van der Waals surface area contributed by atoms with Crippen molar-refractivity contribution >= 4 is 34.9 Å². The number of carbonyl (C=O) groups excluding carboxylic acids is 3. The molecule has 1 aliphatic heterocycles. The largest absolute Gasteiger partial charge is 0.465 e. The first-order valence-electron chi connectivity index (χ1n) is 9.83. The number of nitrogens with one attached hydrogen (secondary N) is 1. The van der Waals surface area contributed by atoms with Crippen LogP contribution in [0.2, 0.25) is 0 Å². The van der Waals surface area contributed by atoms with E-state index in [1.807, 2.05) is 31.2 Å². The van der Waals surface area contributed by atoms with E-state index in [0.717, 1.165) is 16.7 Å². The highest BCUT2D eigenvalue weighted by Gasteiger charge is 2.42. The zero-order valence-electron chi connectivity index (χ0n) is 18.2. The number of ether oxygens (including phenoxy) is 2. The number of carbonyl (C=O) groups is 3. The van der Waals surface area contributed by atoms with Crippen LogP contribution < -0.4 is 10.2 Å². The molecule has 0 saturated carbocycles. The van der Waals surface area contributed by atoms with Gasteiger partial charge < -0.3 is 14.8 Å². The van der Waals surface area contributed by atoms with E-state index in [1.165, 1.54) is 21.1 Å². The summed E-state index contributed by atoms with van der Waals surface area (Å²) in [4.78, 5) is 37.7. The van der Waals surface area contributed by atoms with Crippen LogP contribution >= 0.6 is 0 Å².